The zero-order valence-corrected chi connectivity index (χ0v) is 13.6. The number of ether oxygens (including phenoxy) is 1. The number of pyridine rings is 1. The van der Waals surface area contributed by atoms with Crippen molar-refractivity contribution < 1.29 is 14.6 Å². The maximum Gasteiger partial charge on any atom is 0.258 e. The van der Waals surface area contributed by atoms with Gasteiger partial charge in [-0.1, -0.05) is 12.1 Å². The molecule has 0 unspecified atom stereocenters. The van der Waals surface area contributed by atoms with Gasteiger partial charge in [0.2, 0.25) is 0 Å². The minimum Gasteiger partial charge on any atom is -0.504 e. The molecule has 0 bridgehead atoms. The summed E-state index contributed by atoms with van der Waals surface area (Å²) >= 11 is 0. The summed E-state index contributed by atoms with van der Waals surface area (Å²) in [6.45, 7) is 4.19. The number of hydrogen-bond acceptors (Lipinski definition) is 4. The van der Waals surface area contributed by atoms with Gasteiger partial charge >= 0.3 is 0 Å². The van der Waals surface area contributed by atoms with Crippen molar-refractivity contribution in [3.63, 3.8) is 0 Å². The third-order valence-corrected chi connectivity index (χ3v) is 3.89. The second-order valence-electron chi connectivity index (χ2n) is 5.62. The number of benzene rings is 1. The SMILES string of the molecule is Cc1cccc(OCC(=O)NCc2cn3cccc(O)c3n2)c1C. The number of aromatic nitrogens is 2. The van der Waals surface area contributed by atoms with Crippen molar-refractivity contribution in [2.24, 2.45) is 0 Å². The van der Waals surface area contributed by atoms with Crippen LogP contribution in [0.2, 0.25) is 0 Å². The van der Waals surface area contributed by atoms with Gasteiger partial charge in [0.05, 0.1) is 12.2 Å². The topological polar surface area (TPSA) is 75.9 Å². The highest BCUT2D eigenvalue weighted by atomic mass is 16.5. The molecule has 0 aliphatic heterocycles. The fourth-order valence-electron chi connectivity index (χ4n) is 2.40. The number of nitrogens with zero attached hydrogens (tertiary/aromatic N) is 2. The average molecular weight is 325 g/mol. The molecule has 2 aromatic heterocycles. The van der Waals surface area contributed by atoms with E-state index in [1.165, 1.54) is 0 Å². The van der Waals surface area contributed by atoms with Crippen LogP contribution >= 0.6 is 0 Å². The second kappa shape index (κ2) is 6.62. The Hall–Kier alpha value is -3.02. The van der Waals surface area contributed by atoms with Gasteiger partial charge in [-0.3, -0.25) is 4.79 Å². The standard InChI is InChI=1S/C18H19N3O3/c1-12-5-3-7-16(13(12)2)24-11-17(23)19-9-14-10-21-8-4-6-15(22)18(21)20-14/h3-8,10,22H,9,11H2,1-2H3,(H,19,23). The van der Waals surface area contributed by atoms with Gasteiger partial charge < -0.3 is 19.6 Å². The van der Waals surface area contributed by atoms with Crippen molar-refractivity contribution in [2.45, 2.75) is 20.4 Å². The predicted octanol–water partition coefficient (Wildman–Crippen LogP) is 2.35. The summed E-state index contributed by atoms with van der Waals surface area (Å²) in [4.78, 5) is 16.2. The van der Waals surface area contributed by atoms with Crippen molar-refractivity contribution in [1.82, 2.24) is 14.7 Å². The molecule has 2 heterocycles. The van der Waals surface area contributed by atoms with E-state index in [-0.39, 0.29) is 24.8 Å². The Morgan fingerprint density at radius 3 is 2.92 bits per heavy atom. The summed E-state index contributed by atoms with van der Waals surface area (Å²) < 4.78 is 7.28. The van der Waals surface area contributed by atoms with Crippen LogP contribution in [0.1, 0.15) is 16.8 Å². The summed E-state index contributed by atoms with van der Waals surface area (Å²) in [5.74, 6) is 0.591. The number of hydrogen-bond donors (Lipinski definition) is 2. The van der Waals surface area contributed by atoms with Gasteiger partial charge in [0.25, 0.3) is 5.91 Å². The number of carbonyl (C=O) groups excluding carboxylic acids is 1. The molecule has 1 amide bonds. The third kappa shape index (κ3) is 3.32. The van der Waals surface area contributed by atoms with Crippen LogP contribution in [-0.4, -0.2) is 27.0 Å². The smallest absolute Gasteiger partial charge is 0.258 e. The minimum atomic E-state index is -0.225. The predicted molar refractivity (Wildman–Crippen MR) is 90.1 cm³/mol. The first-order valence-corrected chi connectivity index (χ1v) is 7.66. The zero-order chi connectivity index (χ0) is 17.1. The molecule has 0 aliphatic carbocycles. The van der Waals surface area contributed by atoms with Gasteiger partial charge in [0, 0.05) is 12.4 Å². The van der Waals surface area contributed by atoms with E-state index in [9.17, 15) is 9.90 Å². The van der Waals surface area contributed by atoms with Gasteiger partial charge in [0.1, 0.15) is 5.75 Å². The largest absolute Gasteiger partial charge is 0.504 e. The number of fused-ring (bicyclic) bond motifs is 1. The van der Waals surface area contributed by atoms with Crippen LogP contribution < -0.4 is 10.1 Å². The monoisotopic (exact) mass is 325 g/mol. The lowest BCUT2D eigenvalue weighted by Gasteiger charge is -2.10. The molecule has 6 heteroatoms. The molecule has 1 aromatic carbocycles. The van der Waals surface area contributed by atoms with Gasteiger partial charge in [-0.25, -0.2) is 4.98 Å². The molecule has 0 radical (unpaired) electrons. The van der Waals surface area contributed by atoms with E-state index < -0.39 is 0 Å². The van der Waals surface area contributed by atoms with Crippen LogP contribution in [0.15, 0.2) is 42.7 Å². The molecule has 124 valence electrons. The first kappa shape index (κ1) is 15.9. The Balaban J connectivity index is 1.57. The van der Waals surface area contributed by atoms with Crippen LogP contribution in [0.25, 0.3) is 5.65 Å². The van der Waals surface area contributed by atoms with Crippen molar-refractivity contribution in [1.29, 1.82) is 0 Å². The molecule has 0 saturated heterocycles. The molecule has 0 aliphatic rings. The van der Waals surface area contributed by atoms with E-state index in [0.717, 1.165) is 11.1 Å². The summed E-state index contributed by atoms with van der Waals surface area (Å²) in [6.07, 6.45) is 3.55. The Labute approximate surface area is 139 Å². The number of nitrogens with one attached hydrogen (secondary N) is 1. The molecule has 0 saturated carbocycles. The fourth-order valence-corrected chi connectivity index (χ4v) is 2.40. The van der Waals surface area contributed by atoms with Crippen LogP contribution in [0.4, 0.5) is 0 Å². The minimum absolute atomic E-state index is 0.0527. The van der Waals surface area contributed by atoms with E-state index in [4.69, 9.17) is 4.74 Å². The average Bonchev–Trinajstić information content (AvgIpc) is 2.99. The number of aryl methyl sites for hydroxylation is 1. The Morgan fingerprint density at radius 1 is 1.29 bits per heavy atom. The van der Waals surface area contributed by atoms with E-state index >= 15 is 0 Å². The number of carbonyl (C=O) groups is 1. The highest BCUT2D eigenvalue weighted by Crippen LogP contribution is 2.20. The first-order valence-electron chi connectivity index (χ1n) is 7.66. The van der Waals surface area contributed by atoms with E-state index in [1.54, 1.807) is 28.9 Å². The summed E-state index contributed by atoms with van der Waals surface area (Å²) in [7, 11) is 0. The van der Waals surface area contributed by atoms with E-state index in [1.807, 2.05) is 32.0 Å². The lowest BCUT2D eigenvalue weighted by atomic mass is 10.1. The molecule has 3 rings (SSSR count). The van der Waals surface area contributed by atoms with E-state index in [2.05, 4.69) is 10.3 Å². The molecule has 0 spiro atoms. The molecular formula is C18H19N3O3. The Kier molecular flexibility index (Phi) is 4.37. The quantitative estimate of drug-likeness (QED) is 0.755. The lowest BCUT2D eigenvalue weighted by molar-refractivity contribution is -0.123. The highest BCUT2D eigenvalue weighted by molar-refractivity contribution is 5.77. The Bertz CT molecular complexity index is 886. The molecule has 6 nitrogen and oxygen atoms in total. The van der Waals surface area contributed by atoms with Crippen molar-refractivity contribution >= 4 is 11.6 Å². The molecule has 0 atom stereocenters. The van der Waals surface area contributed by atoms with Gasteiger partial charge in [-0.15, -0.1) is 0 Å². The van der Waals surface area contributed by atoms with Gasteiger partial charge in [0.15, 0.2) is 18.0 Å². The molecule has 3 aromatic rings. The van der Waals surface area contributed by atoms with E-state index in [0.29, 0.717) is 17.1 Å². The zero-order valence-electron chi connectivity index (χ0n) is 13.6. The maximum absolute atomic E-state index is 11.9. The molecule has 24 heavy (non-hydrogen) atoms. The molecule has 2 N–H and O–H groups in total. The fraction of sp³-hybridized carbons (Fsp3) is 0.222. The van der Waals surface area contributed by atoms with Crippen molar-refractivity contribution in [3.05, 3.63) is 59.5 Å². The summed E-state index contributed by atoms with van der Waals surface area (Å²) in [5, 5.41) is 12.5. The number of imidazole rings is 1. The maximum atomic E-state index is 11.9. The molecule has 0 fully saturated rings. The van der Waals surface area contributed by atoms with Crippen LogP contribution in [0.3, 0.4) is 0 Å². The molecular weight excluding hydrogens is 306 g/mol. The van der Waals surface area contributed by atoms with Crippen LogP contribution in [0, 0.1) is 13.8 Å². The first-order chi connectivity index (χ1) is 11.5. The summed E-state index contributed by atoms with van der Waals surface area (Å²) in [5.41, 5.74) is 3.28. The number of aromatic hydroxyl groups is 1. The second-order valence-corrected chi connectivity index (χ2v) is 5.62. The lowest BCUT2D eigenvalue weighted by Crippen LogP contribution is -2.28. The van der Waals surface area contributed by atoms with Crippen molar-refractivity contribution in [3.8, 4) is 11.5 Å². The number of rotatable bonds is 5. The van der Waals surface area contributed by atoms with Crippen LogP contribution in [-0.2, 0) is 11.3 Å². The highest BCUT2D eigenvalue weighted by Gasteiger charge is 2.09. The van der Waals surface area contributed by atoms with Crippen LogP contribution in [0.5, 0.6) is 11.5 Å². The Morgan fingerprint density at radius 2 is 2.12 bits per heavy atom. The van der Waals surface area contributed by atoms with Gasteiger partial charge in [-0.05, 0) is 43.2 Å². The third-order valence-electron chi connectivity index (χ3n) is 3.89. The van der Waals surface area contributed by atoms with Gasteiger partial charge in [-0.2, -0.15) is 0 Å². The number of amides is 1. The van der Waals surface area contributed by atoms with Crippen molar-refractivity contribution in [2.75, 3.05) is 6.61 Å². The summed E-state index contributed by atoms with van der Waals surface area (Å²) in [6, 6.07) is 9.05. The normalized spacial score (nSPS) is 10.8.